The minimum Gasteiger partial charge on any atom is -0.616 e. The minimum atomic E-state index is -0.985. The van der Waals surface area contributed by atoms with Crippen LogP contribution in [0.5, 0.6) is 5.75 Å². The maximum absolute atomic E-state index is 12.0. The molecule has 0 atom stereocenters. The van der Waals surface area contributed by atoms with E-state index in [1.165, 1.54) is 0 Å². The van der Waals surface area contributed by atoms with Gasteiger partial charge < -0.3 is 19.4 Å². The van der Waals surface area contributed by atoms with Gasteiger partial charge in [0.15, 0.2) is 0 Å². The number of benzene rings is 3. The molecule has 170 valence electrons. The molecule has 3 aromatic carbocycles. The summed E-state index contributed by atoms with van der Waals surface area (Å²) in [5.41, 5.74) is 4.11. The van der Waals surface area contributed by atoms with E-state index in [2.05, 4.69) is 16.8 Å². The first-order valence-electron chi connectivity index (χ1n) is 11.1. The number of ether oxygens (including phenoxy) is 1. The molecule has 1 aliphatic heterocycles. The summed E-state index contributed by atoms with van der Waals surface area (Å²) in [5, 5.41) is 10.8. The standard InChI is InChI=1S/C28H23NO4S/c30-28(31)25-3-1-2-20(27(25)22-8-11-26-21(18-22)12-15-29-26)7-4-19-5-9-23(10-6-19)33-24-13-16-34(32)17-14-24/h1-3,5-6,8-12,15,18,24,29H,13-14,16-17H2,(H,30,31). The van der Waals surface area contributed by atoms with E-state index in [1.54, 1.807) is 12.1 Å². The third-order valence-electron chi connectivity index (χ3n) is 5.97. The highest BCUT2D eigenvalue weighted by Crippen LogP contribution is 2.30. The molecule has 2 N–H and O–H groups in total. The van der Waals surface area contributed by atoms with Crippen LogP contribution in [0.3, 0.4) is 0 Å². The number of carbonyl (C=O) groups is 1. The molecule has 0 amide bonds. The molecule has 2 heterocycles. The Balaban J connectivity index is 1.42. The van der Waals surface area contributed by atoms with Crippen molar-refractivity contribution in [3.8, 4) is 28.7 Å². The number of rotatable bonds is 4. The van der Waals surface area contributed by atoms with Crippen LogP contribution in [-0.4, -0.2) is 38.2 Å². The highest BCUT2D eigenvalue weighted by molar-refractivity contribution is 7.91. The van der Waals surface area contributed by atoms with Gasteiger partial charge in [-0.1, -0.05) is 35.1 Å². The molecule has 0 unspecified atom stereocenters. The average molecular weight is 470 g/mol. The van der Waals surface area contributed by atoms with Crippen molar-refractivity contribution in [1.82, 2.24) is 4.98 Å². The number of hydrogen-bond donors (Lipinski definition) is 2. The Labute approximate surface area is 201 Å². The van der Waals surface area contributed by atoms with Crippen LogP contribution in [0.1, 0.15) is 34.3 Å². The number of aromatic amines is 1. The van der Waals surface area contributed by atoms with Crippen molar-refractivity contribution in [2.75, 3.05) is 11.5 Å². The number of carboxylic acids is 1. The predicted octanol–water partition coefficient (Wildman–Crippen LogP) is 5.22. The van der Waals surface area contributed by atoms with E-state index in [0.717, 1.165) is 40.6 Å². The summed E-state index contributed by atoms with van der Waals surface area (Å²) in [6, 6.07) is 20.6. The zero-order chi connectivity index (χ0) is 23.5. The molecule has 0 aliphatic carbocycles. The van der Waals surface area contributed by atoms with E-state index in [4.69, 9.17) is 4.74 Å². The fraction of sp³-hybridized carbons (Fsp3) is 0.179. The number of hydrogen-bond acceptors (Lipinski definition) is 3. The molecule has 1 saturated heterocycles. The van der Waals surface area contributed by atoms with Crippen LogP contribution in [-0.2, 0) is 11.2 Å². The van der Waals surface area contributed by atoms with E-state index in [-0.39, 0.29) is 11.7 Å². The molecule has 0 bridgehead atoms. The van der Waals surface area contributed by atoms with Gasteiger partial charge in [0.1, 0.15) is 23.4 Å². The molecular formula is C28H23NO4S. The minimum absolute atomic E-state index is 0.105. The maximum atomic E-state index is 12.0. The van der Waals surface area contributed by atoms with Crippen molar-refractivity contribution < 1.29 is 19.2 Å². The lowest BCUT2D eigenvalue weighted by molar-refractivity contribution is 0.0697. The van der Waals surface area contributed by atoms with Crippen LogP contribution >= 0.6 is 0 Å². The van der Waals surface area contributed by atoms with Crippen LogP contribution in [0.4, 0.5) is 0 Å². The van der Waals surface area contributed by atoms with Crippen molar-refractivity contribution in [2.45, 2.75) is 18.9 Å². The second-order valence-corrected chi connectivity index (χ2v) is 9.95. The molecule has 4 aromatic rings. The first-order chi connectivity index (χ1) is 16.6. The van der Waals surface area contributed by atoms with Crippen molar-refractivity contribution in [2.24, 2.45) is 0 Å². The van der Waals surface area contributed by atoms with Gasteiger partial charge in [0.2, 0.25) is 0 Å². The van der Waals surface area contributed by atoms with Gasteiger partial charge in [-0.3, -0.25) is 0 Å². The monoisotopic (exact) mass is 469 g/mol. The van der Waals surface area contributed by atoms with Crippen LogP contribution in [0.25, 0.3) is 22.0 Å². The number of fused-ring (bicyclic) bond motifs is 1. The van der Waals surface area contributed by atoms with Crippen molar-refractivity contribution >= 4 is 28.0 Å². The van der Waals surface area contributed by atoms with Crippen molar-refractivity contribution in [1.29, 1.82) is 0 Å². The van der Waals surface area contributed by atoms with Gasteiger partial charge >= 0.3 is 5.97 Å². The Bertz CT molecular complexity index is 1390. The summed E-state index contributed by atoms with van der Waals surface area (Å²) in [6.45, 7) is 0. The number of H-pyrrole nitrogens is 1. The van der Waals surface area contributed by atoms with E-state index in [9.17, 15) is 14.5 Å². The van der Waals surface area contributed by atoms with Gasteiger partial charge in [0, 0.05) is 41.2 Å². The summed E-state index contributed by atoms with van der Waals surface area (Å²) < 4.78 is 17.5. The zero-order valence-electron chi connectivity index (χ0n) is 18.4. The fourth-order valence-corrected chi connectivity index (χ4v) is 5.45. The highest BCUT2D eigenvalue weighted by Gasteiger charge is 2.23. The molecule has 34 heavy (non-hydrogen) atoms. The summed E-state index contributed by atoms with van der Waals surface area (Å²) in [6.07, 6.45) is 3.59. The van der Waals surface area contributed by atoms with Gasteiger partial charge in [0.05, 0.1) is 5.56 Å². The Hall–Kier alpha value is -3.66. The molecule has 1 fully saturated rings. The second-order valence-electron chi connectivity index (χ2n) is 8.25. The number of aromatic carboxylic acids is 1. The molecule has 6 heteroatoms. The maximum Gasteiger partial charge on any atom is 0.336 e. The lowest BCUT2D eigenvalue weighted by atomic mass is 9.93. The molecule has 0 radical (unpaired) electrons. The molecular weight excluding hydrogens is 446 g/mol. The van der Waals surface area contributed by atoms with Gasteiger partial charge in [0.25, 0.3) is 0 Å². The first kappa shape index (κ1) is 22.1. The Kier molecular flexibility index (Phi) is 6.31. The van der Waals surface area contributed by atoms with Crippen LogP contribution < -0.4 is 4.74 Å². The number of aromatic nitrogens is 1. The largest absolute Gasteiger partial charge is 0.616 e. The van der Waals surface area contributed by atoms with Crippen LogP contribution in [0.2, 0.25) is 0 Å². The lowest BCUT2D eigenvalue weighted by Gasteiger charge is -2.25. The smallest absolute Gasteiger partial charge is 0.336 e. The molecule has 0 saturated carbocycles. The fourth-order valence-electron chi connectivity index (χ4n) is 4.19. The molecule has 1 aliphatic rings. The third kappa shape index (κ3) is 4.81. The summed E-state index contributed by atoms with van der Waals surface area (Å²) in [7, 11) is 0. The molecule has 0 spiro atoms. The zero-order valence-corrected chi connectivity index (χ0v) is 19.2. The van der Waals surface area contributed by atoms with E-state index >= 15 is 0 Å². The second kappa shape index (κ2) is 9.68. The van der Waals surface area contributed by atoms with E-state index in [0.29, 0.717) is 22.6 Å². The Morgan fingerprint density at radius 1 is 1.03 bits per heavy atom. The summed E-state index contributed by atoms with van der Waals surface area (Å²) in [4.78, 5) is 15.1. The molecule has 1 aromatic heterocycles. The average Bonchev–Trinajstić information content (AvgIpc) is 3.33. The lowest BCUT2D eigenvalue weighted by Crippen LogP contribution is -2.30. The van der Waals surface area contributed by atoms with E-state index < -0.39 is 17.1 Å². The summed E-state index contributed by atoms with van der Waals surface area (Å²) in [5.74, 6) is 7.52. The molecule has 5 rings (SSSR count). The van der Waals surface area contributed by atoms with Crippen molar-refractivity contribution in [3.05, 3.63) is 89.6 Å². The van der Waals surface area contributed by atoms with Gasteiger partial charge in [-0.15, -0.1) is 0 Å². The molecule has 5 nitrogen and oxygen atoms in total. The van der Waals surface area contributed by atoms with Crippen LogP contribution in [0.15, 0.2) is 72.9 Å². The third-order valence-corrected chi connectivity index (χ3v) is 7.35. The normalized spacial score (nSPS) is 17.7. The Morgan fingerprint density at radius 3 is 2.59 bits per heavy atom. The van der Waals surface area contributed by atoms with Gasteiger partial charge in [-0.05, 0) is 65.5 Å². The first-order valence-corrected chi connectivity index (χ1v) is 12.6. The van der Waals surface area contributed by atoms with E-state index in [1.807, 2.05) is 60.8 Å². The quantitative estimate of drug-likeness (QED) is 0.317. The van der Waals surface area contributed by atoms with Crippen LogP contribution in [0, 0.1) is 11.8 Å². The number of nitrogens with one attached hydrogen (secondary N) is 1. The van der Waals surface area contributed by atoms with Crippen molar-refractivity contribution in [3.63, 3.8) is 0 Å². The summed E-state index contributed by atoms with van der Waals surface area (Å²) >= 11 is -0.706. The van der Waals surface area contributed by atoms with Gasteiger partial charge in [-0.25, -0.2) is 4.79 Å². The predicted molar refractivity (Wildman–Crippen MR) is 135 cm³/mol. The highest BCUT2D eigenvalue weighted by atomic mass is 32.2. The topological polar surface area (TPSA) is 85.4 Å². The SMILES string of the molecule is O=C(O)c1cccc(C#Cc2ccc(OC3CC[S+]([O-])CC3)cc2)c1-c1ccc2[nH]ccc2c1. The number of carboxylic acid groups (broad SMARTS) is 1. The Morgan fingerprint density at radius 2 is 1.82 bits per heavy atom. The van der Waals surface area contributed by atoms with Gasteiger partial charge in [-0.2, -0.15) is 0 Å².